The van der Waals surface area contributed by atoms with Gasteiger partial charge >= 0.3 is 0 Å². The monoisotopic (exact) mass is 383 g/mol. The minimum absolute atomic E-state index is 0.875. The normalized spacial score (nSPS) is 11.4. The Hall–Kier alpha value is -3.04. The zero-order valence-corrected chi connectivity index (χ0v) is 17.0. The van der Waals surface area contributed by atoms with Crippen molar-refractivity contribution in [3.05, 3.63) is 77.9 Å². The fourth-order valence-corrected chi connectivity index (χ4v) is 5.12. The van der Waals surface area contributed by atoms with Crippen molar-refractivity contribution in [3.63, 3.8) is 0 Å². The molecule has 5 rings (SSSR count). The Morgan fingerprint density at radius 3 is 2.39 bits per heavy atom. The van der Waals surface area contributed by atoms with E-state index in [1.807, 2.05) is 17.4 Å². The number of H-pyrrole nitrogens is 1. The van der Waals surface area contributed by atoms with Gasteiger partial charge in [-0.3, -0.25) is 0 Å². The number of fused-ring (bicyclic) bond motifs is 2. The second-order valence-corrected chi connectivity index (χ2v) is 8.26. The van der Waals surface area contributed by atoms with Crippen LogP contribution in [0.4, 0.5) is 0 Å². The largest absolute Gasteiger partial charge is 0.497 e. The number of methoxy groups -OCH3 is 1. The van der Waals surface area contributed by atoms with Crippen molar-refractivity contribution < 1.29 is 4.74 Å². The van der Waals surface area contributed by atoms with Gasteiger partial charge in [0.25, 0.3) is 0 Å². The summed E-state index contributed by atoms with van der Waals surface area (Å²) in [7, 11) is 1.72. The number of nitrogens with one attached hydrogen (secondary N) is 1. The third-order valence-electron chi connectivity index (χ3n) is 5.42. The molecule has 0 unspecified atom stereocenters. The van der Waals surface area contributed by atoms with E-state index in [2.05, 4.69) is 79.5 Å². The molecule has 0 saturated carbocycles. The maximum atomic E-state index is 5.51. The minimum atomic E-state index is 0.875. The van der Waals surface area contributed by atoms with E-state index in [0.717, 1.165) is 11.3 Å². The molecule has 138 valence electrons. The van der Waals surface area contributed by atoms with Crippen molar-refractivity contribution in [1.82, 2.24) is 4.98 Å². The molecule has 3 aromatic carbocycles. The molecule has 0 aliphatic heterocycles. The van der Waals surface area contributed by atoms with E-state index >= 15 is 0 Å². The highest BCUT2D eigenvalue weighted by atomic mass is 32.1. The highest BCUT2D eigenvalue weighted by molar-refractivity contribution is 7.22. The second kappa shape index (κ2) is 6.54. The number of aromatic nitrogens is 1. The van der Waals surface area contributed by atoms with Gasteiger partial charge in [0.2, 0.25) is 0 Å². The SMILES string of the molecule is COc1ccc2[nH]c(-c3sc4ccccc4c3C)c(-c3ccc(C)cc3)c2c1. The molecule has 0 aliphatic rings. The van der Waals surface area contributed by atoms with Crippen LogP contribution in [0.1, 0.15) is 11.1 Å². The van der Waals surface area contributed by atoms with Gasteiger partial charge in [0.05, 0.1) is 17.7 Å². The van der Waals surface area contributed by atoms with Gasteiger partial charge in [-0.15, -0.1) is 11.3 Å². The van der Waals surface area contributed by atoms with Crippen molar-refractivity contribution in [2.45, 2.75) is 13.8 Å². The summed E-state index contributed by atoms with van der Waals surface area (Å²) in [5.41, 5.74) is 7.36. The molecular formula is C25H21NOS. The molecule has 0 radical (unpaired) electrons. The summed E-state index contributed by atoms with van der Waals surface area (Å²) >= 11 is 1.85. The molecule has 5 aromatic rings. The molecule has 0 saturated heterocycles. The average molecular weight is 384 g/mol. The van der Waals surface area contributed by atoms with Crippen LogP contribution in [0.2, 0.25) is 0 Å². The Morgan fingerprint density at radius 1 is 0.857 bits per heavy atom. The lowest BCUT2D eigenvalue weighted by atomic mass is 9.99. The van der Waals surface area contributed by atoms with Gasteiger partial charge in [-0.2, -0.15) is 0 Å². The van der Waals surface area contributed by atoms with Crippen molar-refractivity contribution in [1.29, 1.82) is 0 Å². The highest BCUT2D eigenvalue weighted by Gasteiger charge is 2.20. The molecule has 3 heteroatoms. The lowest BCUT2D eigenvalue weighted by Crippen LogP contribution is -1.84. The molecule has 0 bridgehead atoms. The summed E-state index contributed by atoms with van der Waals surface area (Å²) in [5, 5.41) is 2.52. The summed E-state index contributed by atoms with van der Waals surface area (Å²) < 4.78 is 6.83. The van der Waals surface area contributed by atoms with Crippen LogP contribution in [0.15, 0.2) is 66.7 Å². The third-order valence-corrected chi connectivity index (χ3v) is 6.71. The molecule has 2 nitrogen and oxygen atoms in total. The Bertz CT molecular complexity index is 1310. The molecule has 0 amide bonds. The van der Waals surface area contributed by atoms with Gasteiger partial charge < -0.3 is 9.72 Å². The van der Waals surface area contributed by atoms with Crippen LogP contribution in [-0.2, 0) is 0 Å². The standard InChI is InChI=1S/C25H21NOS/c1-15-8-10-17(11-9-15)23-20-14-18(27-3)12-13-21(20)26-24(23)25-16(2)19-6-4-5-7-22(19)28-25/h4-14,26H,1-3H3. The van der Waals surface area contributed by atoms with E-state index in [1.165, 1.54) is 48.3 Å². The zero-order chi connectivity index (χ0) is 19.3. The molecule has 0 fully saturated rings. The van der Waals surface area contributed by atoms with Crippen molar-refractivity contribution in [2.24, 2.45) is 0 Å². The summed E-state index contributed by atoms with van der Waals surface area (Å²) in [6.07, 6.45) is 0. The number of rotatable bonds is 3. The molecular weight excluding hydrogens is 362 g/mol. The van der Waals surface area contributed by atoms with Gasteiger partial charge in [0, 0.05) is 21.2 Å². The van der Waals surface area contributed by atoms with E-state index in [-0.39, 0.29) is 0 Å². The summed E-state index contributed by atoms with van der Waals surface area (Å²) in [6, 6.07) is 23.7. The first-order valence-corrected chi connectivity index (χ1v) is 10.2. The molecule has 2 heterocycles. The van der Waals surface area contributed by atoms with Crippen LogP contribution in [0.3, 0.4) is 0 Å². The Labute approximate surface area is 168 Å². The topological polar surface area (TPSA) is 25.0 Å². The third kappa shape index (κ3) is 2.62. The van der Waals surface area contributed by atoms with Crippen LogP contribution < -0.4 is 4.74 Å². The molecule has 28 heavy (non-hydrogen) atoms. The quantitative estimate of drug-likeness (QED) is 0.346. The average Bonchev–Trinajstić information content (AvgIpc) is 3.26. The molecule has 1 N–H and O–H groups in total. The second-order valence-electron chi connectivity index (χ2n) is 7.20. The van der Waals surface area contributed by atoms with Gasteiger partial charge in [0.15, 0.2) is 0 Å². The molecule has 0 atom stereocenters. The number of aromatic amines is 1. The summed E-state index contributed by atoms with van der Waals surface area (Å²) in [6.45, 7) is 4.35. The van der Waals surface area contributed by atoms with E-state index in [1.54, 1.807) is 7.11 Å². The number of hydrogen-bond donors (Lipinski definition) is 1. The van der Waals surface area contributed by atoms with E-state index in [0.29, 0.717) is 0 Å². The maximum absolute atomic E-state index is 5.51. The van der Waals surface area contributed by atoms with E-state index in [4.69, 9.17) is 4.74 Å². The first-order valence-electron chi connectivity index (χ1n) is 9.41. The Balaban J connectivity index is 1.86. The number of thiophene rings is 1. The van der Waals surface area contributed by atoms with Crippen LogP contribution in [0, 0.1) is 13.8 Å². The van der Waals surface area contributed by atoms with Crippen molar-refractivity contribution >= 4 is 32.3 Å². The fourth-order valence-electron chi connectivity index (χ4n) is 3.90. The van der Waals surface area contributed by atoms with Gasteiger partial charge in [0.1, 0.15) is 5.75 Å². The molecule has 0 spiro atoms. The van der Waals surface area contributed by atoms with Gasteiger partial charge in [-0.1, -0.05) is 48.0 Å². The van der Waals surface area contributed by atoms with Crippen LogP contribution in [-0.4, -0.2) is 12.1 Å². The Kier molecular flexibility index (Phi) is 3.99. The predicted molar refractivity (Wildman–Crippen MR) is 121 cm³/mol. The van der Waals surface area contributed by atoms with Gasteiger partial charge in [-0.25, -0.2) is 0 Å². The van der Waals surface area contributed by atoms with Crippen LogP contribution >= 0.6 is 11.3 Å². The lowest BCUT2D eigenvalue weighted by Gasteiger charge is -2.07. The summed E-state index contributed by atoms with van der Waals surface area (Å²) in [5.74, 6) is 0.875. The highest BCUT2D eigenvalue weighted by Crippen LogP contribution is 2.45. The van der Waals surface area contributed by atoms with E-state index < -0.39 is 0 Å². The van der Waals surface area contributed by atoms with Crippen molar-refractivity contribution in [3.8, 4) is 27.4 Å². The smallest absolute Gasteiger partial charge is 0.119 e. The van der Waals surface area contributed by atoms with Crippen LogP contribution in [0.25, 0.3) is 42.7 Å². The Morgan fingerprint density at radius 2 is 1.64 bits per heavy atom. The first-order chi connectivity index (χ1) is 13.7. The predicted octanol–water partition coefficient (Wildman–Crippen LogP) is 7.34. The van der Waals surface area contributed by atoms with E-state index in [9.17, 15) is 0 Å². The van der Waals surface area contributed by atoms with Crippen LogP contribution in [0.5, 0.6) is 5.75 Å². The maximum Gasteiger partial charge on any atom is 0.119 e. The first kappa shape index (κ1) is 17.1. The minimum Gasteiger partial charge on any atom is -0.497 e. The number of benzene rings is 3. The van der Waals surface area contributed by atoms with Crippen molar-refractivity contribution in [2.75, 3.05) is 7.11 Å². The fraction of sp³-hybridized carbons (Fsp3) is 0.120. The molecule has 0 aliphatic carbocycles. The number of aryl methyl sites for hydroxylation is 2. The molecule has 2 aromatic heterocycles. The lowest BCUT2D eigenvalue weighted by molar-refractivity contribution is 0.415. The zero-order valence-electron chi connectivity index (χ0n) is 16.2. The number of hydrogen-bond acceptors (Lipinski definition) is 2. The summed E-state index contributed by atoms with van der Waals surface area (Å²) in [4.78, 5) is 5.00. The van der Waals surface area contributed by atoms with Gasteiger partial charge in [-0.05, 0) is 54.6 Å². The number of ether oxygens (including phenoxy) is 1.